The molecule has 0 fully saturated rings. The Morgan fingerprint density at radius 3 is 1.55 bits per heavy atom. The fourth-order valence-corrected chi connectivity index (χ4v) is 18.2. The number of hydrogen-bond donors (Lipinski definition) is 0. The second-order valence-corrected chi connectivity index (χ2v) is 26.7. The summed E-state index contributed by atoms with van der Waals surface area (Å²) < 4.78 is 14.9. The second-order valence-electron chi connectivity index (χ2n) is 24.6. The van der Waals surface area contributed by atoms with Gasteiger partial charge in [-0.3, -0.25) is 4.57 Å². The van der Waals surface area contributed by atoms with E-state index in [4.69, 9.17) is 4.98 Å². The fraction of sp³-hybridized carbons (Fsp3) is 0.0357. The zero-order valence-corrected chi connectivity index (χ0v) is 51.1. The maximum absolute atomic E-state index is 5.13. The third kappa shape index (κ3) is 7.36. The number of nitrogens with zero attached hydrogens (tertiary/aromatic N) is 5. The second kappa shape index (κ2) is 19.5. The van der Waals surface area contributed by atoms with E-state index in [-0.39, 0.29) is 0 Å². The molecule has 19 aromatic rings. The van der Waals surface area contributed by atoms with Crippen LogP contribution in [0, 0.1) is 0 Å². The molecule has 12 aromatic carbocycles. The molecule has 0 radical (unpaired) electrons. The van der Waals surface area contributed by atoms with Crippen molar-refractivity contribution in [2.45, 2.75) is 19.3 Å². The molecule has 7 heteroatoms. The molecule has 0 amide bonds. The van der Waals surface area contributed by atoms with E-state index in [1.54, 1.807) is 0 Å². The quantitative estimate of drug-likeness (QED) is 0.157. The SMILES string of the molecule is CC1CC=Cc2c1c1cc(-n3c4ccccc4c4c(-c5cccc6c5c5ccccc5n6-c5ccc6sc7c(-n8c9ccccc9c9ccccc98)nccc7c6c5)cccc43)ccc1n2-c1cccc(-c2cccc(-c3cccc4c3sc3ccccc34)c2)c1. The molecular weight excluding hydrogens is 1140 g/mol. The first-order valence-electron chi connectivity index (χ1n) is 31.4. The smallest absolute Gasteiger partial charge is 0.155 e. The molecule has 426 valence electrons. The van der Waals surface area contributed by atoms with E-state index in [1.165, 1.54) is 150 Å². The number of hydrogen-bond acceptors (Lipinski definition) is 3. The van der Waals surface area contributed by atoms with E-state index < -0.39 is 0 Å². The molecule has 0 aliphatic heterocycles. The lowest BCUT2D eigenvalue weighted by Crippen LogP contribution is -2.03. The van der Waals surface area contributed by atoms with Crippen LogP contribution in [0.15, 0.2) is 279 Å². The van der Waals surface area contributed by atoms with Crippen LogP contribution in [0.2, 0.25) is 0 Å². The monoisotopic (exact) mass is 1200 g/mol. The topological polar surface area (TPSA) is 32.6 Å². The van der Waals surface area contributed by atoms with Gasteiger partial charge in [-0.25, -0.2) is 4.98 Å². The summed E-state index contributed by atoms with van der Waals surface area (Å²) in [7, 11) is 0. The largest absolute Gasteiger partial charge is 0.310 e. The van der Waals surface area contributed by atoms with Crippen LogP contribution in [-0.2, 0) is 0 Å². The first-order valence-corrected chi connectivity index (χ1v) is 33.0. The van der Waals surface area contributed by atoms with Crippen molar-refractivity contribution in [2.24, 2.45) is 0 Å². The van der Waals surface area contributed by atoms with Crippen LogP contribution in [0.25, 0.3) is 179 Å². The summed E-state index contributed by atoms with van der Waals surface area (Å²) in [5, 5.41) is 13.8. The van der Waals surface area contributed by atoms with E-state index in [2.05, 4.69) is 304 Å². The number of rotatable bonds is 7. The van der Waals surface area contributed by atoms with Gasteiger partial charge < -0.3 is 13.7 Å². The number of fused-ring (bicyclic) bond motifs is 18. The highest BCUT2D eigenvalue weighted by Gasteiger charge is 2.27. The molecule has 7 heterocycles. The summed E-state index contributed by atoms with van der Waals surface area (Å²) in [6, 6.07) is 99.5. The van der Waals surface area contributed by atoms with Gasteiger partial charge in [0.1, 0.15) is 0 Å². The van der Waals surface area contributed by atoms with Crippen LogP contribution in [0.4, 0.5) is 0 Å². The van der Waals surface area contributed by atoms with E-state index in [0.717, 1.165) is 40.3 Å². The third-order valence-corrected chi connectivity index (χ3v) is 22.0. The lowest BCUT2D eigenvalue weighted by molar-refractivity contribution is 0.773. The summed E-state index contributed by atoms with van der Waals surface area (Å²) in [5.41, 5.74) is 21.7. The van der Waals surface area contributed by atoms with Crippen LogP contribution in [0.5, 0.6) is 0 Å². The summed E-state index contributed by atoms with van der Waals surface area (Å²) in [5.74, 6) is 1.31. The Hall–Kier alpha value is -11.1. The van der Waals surface area contributed by atoms with Gasteiger partial charge in [-0.2, -0.15) is 0 Å². The molecule has 1 aliphatic rings. The number of thiophene rings is 2. The van der Waals surface area contributed by atoms with Gasteiger partial charge in [-0.1, -0.05) is 177 Å². The Balaban J connectivity index is 0.715. The van der Waals surface area contributed by atoms with Crippen LogP contribution >= 0.6 is 22.7 Å². The molecule has 0 spiro atoms. The fourth-order valence-electron chi connectivity index (χ4n) is 15.8. The summed E-state index contributed by atoms with van der Waals surface area (Å²) in [6.45, 7) is 2.39. The molecule has 1 aliphatic carbocycles. The van der Waals surface area contributed by atoms with Crippen molar-refractivity contribution in [2.75, 3.05) is 0 Å². The Labute approximate surface area is 531 Å². The molecule has 5 nitrogen and oxygen atoms in total. The molecule has 7 aromatic heterocycles. The minimum Gasteiger partial charge on any atom is -0.310 e. The Bertz CT molecular complexity index is 6300. The van der Waals surface area contributed by atoms with Crippen molar-refractivity contribution in [1.82, 2.24) is 23.3 Å². The van der Waals surface area contributed by atoms with E-state index in [9.17, 15) is 0 Å². The van der Waals surface area contributed by atoms with Crippen molar-refractivity contribution in [3.8, 4) is 56.3 Å². The highest BCUT2D eigenvalue weighted by atomic mass is 32.1. The highest BCUT2D eigenvalue weighted by molar-refractivity contribution is 7.26. The van der Waals surface area contributed by atoms with Gasteiger partial charge in [0.15, 0.2) is 5.82 Å². The summed E-state index contributed by atoms with van der Waals surface area (Å²) in [6.07, 6.45) is 7.71. The lowest BCUT2D eigenvalue weighted by Gasteiger charge is -2.17. The number of benzene rings is 12. The Morgan fingerprint density at radius 2 is 0.835 bits per heavy atom. The molecule has 1 atom stereocenters. The zero-order valence-electron chi connectivity index (χ0n) is 49.5. The highest BCUT2D eigenvalue weighted by Crippen LogP contribution is 2.48. The Morgan fingerprint density at radius 1 is 0.341 bits per heavy atom. The summed E-state index contributed by atoms with van der Waals surface area (Å²) in [4.78, 5) is 5.13. The predicted molar refractivity (Wildman–Crippen MR) is 388 cm³/mol. The first kappa shape index (κ1) is 50.9. The lowest BCUT2D eigenvalue weighted by atomic mass is 9.90. The van der Waals surface area contributed by atoms with Crippen LogP contribution in [-0.4, -0.2) is 23.3 Å². The van der Waals surface area contributed by atoms with Gasteiger partial charge in [0, 0.05) is 102 Å². The maximum atomic E-state index is 5.13. The molecule has 0 saturated heterocycles. The van der Waals surface area contributed by atoms with Crippen molar-refractivity contribution in [3.05, 3.63) is 290 Å². The standard InChI is InChI=1S/C84H53N5S2/c1-50-18-12-36-74-79(50)68-49-55(40-42-73(68)86(74)54-22-14-20-52(47-54)51-19-13-21-53(46-51)57-28-15-31-63-60-25-6-11-39-77(60)90-82(57)63)87-71-34-9-4-26-65(71)80-61(29-16-37-75(80)87)62-30-17-38-76-81(62)66-27-5-10-35-72(66)88(76)56-41-43-78-67(48-56)64-44-45-85-84(83(64)91-78)89-69-32-7-2-23-58(69)59-24-3-8-33-70(59)89/h2-17,19-50H,18H2,1H3. The van der Waals surface area contributed by atoms with Gasteiger partial charge in [-0.15, -0.1) is 22.7 Å². The van der Waals surface area contributed by atoms with Gasteiger partial charge >= 0.3 is 0 Å². The number of pyridine rings is 1. The average molecular weight is 1200 g/mol. The normalized spacial score (nSPS) is 13.6. The minimum absolute atomic E-state index is 0.344. The van der Waals surface area contributed by atoms with Gasteiger partial charge in [0.2, 0.25) is 0 Å². The van der Waals surface area contributed by atoms with Crippen LogP contribution < -0.4 is 0 Å². The van der Waals surface area contributed by atoms with Crippen LogP contribution in [0.1, 0.15) is 30.5 Å². The van der Waals surface area contributed by atoms with Gasteiger partial charge in [-0.05, 0) is 160 Å². The molecule has 91 heavy (non-hydrogen) atoms. The minimum atomic E-state index is 0.344. The van der Waals surface area contributed by atoms with E-state index >= 15 is 0 Å². The first-order chi connectivity index (χ1) is 45.1. The van der Waals surface area contributed by atoms with Crippen LogP contribution in [0.3, 0.4) is 0 Å². The molecule has 20 rings (SSSR count). The van der Waals surface area contributed by atoms with Crippen molar-refractivity contribution >= 4 is 145 Å². The maximum Gasteiger partial charge on any atom is 0.155 e. The van der Waals surface area contributed by atoms with Gasteiger partial charge in [0.25, 0.3) is 0 Å². The molecule has 1 unspecified atom stereocenters. The Kier molecular flexibility index (Phi) is 10.9. The van der Waals surface area contributed by atoms with E-state index in [0.29, 0.717) is 5.92 Å². The number of aromatic nitrogens is 5. The predicted octanol–water partition coefficient (Wildman–Crippen LogP) is 23.6. The van der Waals surface area contributed by atoms with Crippen molar-refractivity contribution in [1.29, 1.82) is 0 Å². The molecule has 0 bridgehead atoms. The number of para-hydroxylation sites is 4. The van der Waals surface area contributed by atoms with Crippen molar-refractivity contribution < 1.29 is 0 Å². The molecule has 0 saturated carbocycles. The van der Waals surface area contributed by atoms with Gasteiger partial charge in [0.05, 0.1) is 43.3 Å². The summed E-state index contributed by atoms with van der Waals surface area (Å²) >= 11 is 3.71. The average Bonchev–Trinajstić information content (AvgIpc) is 1.62. The molecular formula is C84H53N5S2. The number of allylic oxidation sites excluding steroid dienone is 1. The zero-order chi connectivity index (χ0) is 59.6. The van der Waals surface area contributed by atoms with E-state index in [1.807, 2.05) is 28.9 Å². The molecule has 0 N–H and O–H groups in total. The third-order valence-electron chi connectivity index (χ3n) is 19.6. The van der Waals surface area contributed by atoms with Crippen molar-refractivity contribution in [3.63, 3.8) is 0 Å².